The molecule has 2 unspecified atom stereocenters. The van der Waals surface area contributed by atoms with E-state index in [0.29, 0.717) is 5.56 Å². The van der Waals surface area contributed by atoms with Gasteiger partial charge >= 0.3 is 5.97 Å². The maximum atomic E-state index is 10.7. The first-order valence-corrected chi connectivity index (χ1v) is 5.53. The number of allylic oxidation sites excluding steroid dienone is 1. The molecule has 1 fully saturated rings. The molecule has 1 aromatic rings. The number of rotatable bonds is 3. The Labute approximate surface area is 100 Å². The summed E-state index contributed by atoms with van der Waals surface area (Å²) in [6, 6.07) is 9.35. The van der Waals surface area contributed by atoms with E-state index < -0.39 is 5.97 Å². The molecule has 1 aliphatic carbocycles. The highest BCUT2D eigenvalue weighted by Crippen LogP contribution is 2.44. The van der Waals surface area contributed by atoms with Gasteiger partial charge in [0.2, 0.25) is 0 Å². The van der Waals surface area contributed by atoms with Crippen LogP contribution in [0.5, 0.6) is 0 Å². The van der Waals surface area contributed by atoms with Gasteiger partial charge in [0.05, 0.1) is 17.6 Å². The number of hydrogen-bond acceptors (Lipinski definition) is 2. The minimum atomic E-state index is -0.706. The molecule has 3 nitrogen and oxygen atoms in total. The Morgan fingerprint density at radius 3 is 2.53 bits per heavy atom. The van der Waals surface area contributed by atoms with Crippen molar-refractivity contribution in [2.45, 2.75) is 13.3 Å². The first-order chi connectivity index (χ1) is 8.11. The lowest BCUT2D eigenvalue weighted by Gasteiger charge is -1.99. The maximum absolute atomic E-state index is 10.7. The molecule has 0 heterocycles. The number of carboxylic acids is 1. The topological polar surface area (TPSA) is 61.1 Å². The minimum Gasteiger partial charge on any atom is -0.481 e. The van der Waals surface area contributed by atoms with Crippen molar-refractivity contribution >= 4 is 12.0 Å². The zero-order chi connectivity index (χ0) is 12.4. The third kappa shape index (κ3) is 2.54. The summed E-state index contributed by atoms with van der Waals surface area (Å²) in [7, 11) is 0. The minimum absolute atomic E-state index is 0.183. The van der Waals surface area contributed by atoms with Gasteiger partial charge in [-0.25, -0.2) is 0 Å². The van der Waals surface area contributed by atoms with Crippen molar-refractivity contribution in [3.63, 3.8) is 0 Å². The number of nitrogens with zero attached hydrogens (tertiary/aromatic N) is 1. The van der Waals surface area contributed by atoms with E-state index in [9.17, 15) is 4.79 Å². The number of carboxylic acid groups (broad SMARTS) is 1. The van der Waals surface area contributed by atoms with Gasteiger partial charge < -0.3 is 5.11 Å². The fraction of sp³-hybridized carbons (Fsp3) is 0.286. The van der Waals surface area contributed by atoms with Crippen LogP contribution in [0.25, 0.3) is 6.08 Å². The van der Waals surface area contributed by atoms with E-state index in [1.54, 1.807) is 12.1 Å². The van der Waals surface area contributed by atoms with E-state index >= 15 is 0 Å². The second-order valence-electron chi connectivity index (χ2n) is 4.41. The average molecular weight is 227 g/mol. The van der Waals surface area contributed by atoms with Crippen molar-refractivity contribution in [1.82, 2.24) is 0 Å². The molecule has 86 valence electrons. The predicted molar refractivity (Wildman–Crippen MR) is 64.0 cm³/mol. The van der Waals surface area contributed by atoms with Crippen LogP contribution in [-0.4, -0.2) is 11.1 Å². The summed E-state index contributed by atoms with van der Waals surface area (Å²) in [5.74, 6) is -0.727. The fourth-order valence-electron chi connectivity index (χ4n) is 1.99. The highest BCUT2D eigenvalue weighted by atomic mass is 16.4. The molecule has 2 atom stereocenters. The second-order valence-corrected chi connectivity index (χ2v) is 4.41. The third-order valence-electron chi connectivity index (χ3n) is 3.13. The Morgan fingerprint density at radius 1 is 1.41 bits per heavy atom. The van der Waals surface area contributed by atoms with E-state index in [-0.39, 0.29) is 11.8 Å². The molecule has 1 aliphatic rings. The lowest BCUT2D eigenvalue weighted by Crippen LogP contribution is -1.99. The largest absolute Gasteiger partial charge is 0.481 e. The van der Waals surface area contributed by atoms with E-state index in [2.05, 4.69) is 6.07 Å². The zero-order valence-electron chi connectivity index (χ0n) is 9.55. The van der Waals surface area contributed by atoms with Gasteiger partial charge in [-0.1, -0.05) is 23.8 Å². The van der Waals surface area contributed by atoms with Crippen LogP contribution in [0, 0.1) is 23.2 Å². The lowest BCUT2D eigenvalue weighted by atomic mass is 10.1. The molecule has 0 saturated heterocycles. The second kappa shape index (κ2) is 4.42. The van der Waals surface area contributed by atoms with Crippen molar-refractivity contribution in [3.05, 3.63) is 41.0 Å². The number of nitriles is 1. The summed E-state index contributed by atoms with van der Waals surface area (Å²) in [5, 5.41) is 17.5. The van der Waals surface area contributed by atoms with Crippen molar-refractivity contribution < 1.29 is 9.90 Å². The molecular formula is C14H13NO2. The number of aliphatic carboxylic acids is 1. The summed E-state index contributed by atoms with van der Waals surface area (Å²) in [5.41, 5.74) is 2.74. The van der Waals surface area contributed by atoms with Crippen LogP contribution in [0.4, 0.5) is 0 Å². The Bertz CT molecular complexity index is 508. The molecule has 17 heavy (non-hydrogen) atoms. The van der Waals surface area contributed by atoms with Gasteiger partial charge in [0.15, 0.2) is 0 Å². The van der Waals surface area contributed by atoms with Gasteiger partial charge in [0, 0.05) is 0 Å². The zero-order valence-corrected chi connectivity index (χ0v) is 9.55. The molecule has 0 radical (unpaired) electrons. The number of carbonyl (C=O) groups is 1. The SMILES string of the molecule is CC(=Cc1ccc(C#N)cc1)C1CC1C(=O)O. The third-order valence-corrected chi connectivity index (χ3v) is 3.13. The summed E-state index contributed by atoms with van der Waals surface area (Å²) >= 11 is 0. The quantitative estimate of drug-likeness (QED) is 0.863. The van der Waals surface area contributed by atoms with Gasteiger partial charge in [-0.3, -0.25) is 4.79 Å². The van der Waals surface area contributed by atoms with Gasteiger partial charge in [-0.2, -0.15) is 5.26 Å². The average Bonchev–Trinajstić information content (AvgIpc) is 3.10. The fourth-order valence-corrected chi connectivity index (χ4v) is 1.99. The molecule has 1 N–H and O–H groups in total. The summed E-state index contributed by atoms with van der Waals surface area (Å²) < 4.78 is 0. The first kappa shape index (κ1) is 11.4. The molecule has 1 aromatic carbocycles. The summed E-state index contributed by atoms with van der Waals surface area (Å²) in [6.45, 7) is 1.96. The first-order valence-electron chi connectivity index (χ1n) is 5.53. The van der Waals surface area contributed by atoms with Crippen molar-refractivity contribution in [2.75, 3.05) is 0 Å². The van der Waals surface area contributed by atoms with Gasteiger partial charge in [0.1, 0.15) is 0 Å². The van der Waals surface area contributed by atoms with Crippen molar-refractivity contribution in [3.8, 4) is 6.07 Å². The standard InChI is InChI=1S/C14H13NO2/c1-9(12-7-13(12)14(16)17)6-10-2-4-11(8-15)5-3-10/h2-6,12-13H,7H2,1H3,(H,16,17). The van der Waals surface area contributed by atoms with E-state index in [0.717, 1.165) is 17.6 Å². The van der Waals surface area contributed by atoms with Crippen LogP contribution in [0.15, 0.2) is 29.8 Å². The molecule has 2 rings (SSSR count). The Hall–Kier alpha value is -2.08. The van der Waals surface area contributed by atoms with Gasteiger partial charge in [-0.05, 0) is 37.0 Å². The highest BCUT2D eigenvalue weighted by Gasteiger charge is 2.43. The molecule has 0 bridgehead atoms. The molecular weight excluding hydrogens is 214 g/mol. The Balaban J connectivity index is 2.09. The van der Waals surface area contributed by atoms with Crippen LogP contribution in [0.2, 0.25) is 0 Å². The number of hydrogen-bond donors (Lipinski definition) is 1. The van der Waals surface area contributed by atoms with Crippen LogP contribution in [0.3, 0.4) is 0 Å². The molecule has 1 saturated carbocycles. The van der Waals surface area contributed by atoms with Crippen LogP contribution < -0.4 is 0 Å². The summed E-state index contributed by atoms with van der Waals surface area (Å²) in [4.78, 5) is 10.7. The van der Waals surface area contributed by atoms with E-state index in [1.165, 1.54) is 0 Å². The molecule has 0 aliphatic heterocycles. The van der Waals surface area contributed by atoms with Crippen LogP contribution >= 0.6 is 0 Å². The predicted octanol–water partition coefficient (Wildman–Crippen LogP) is 2.68. The van der Waals surface area contributed by atoms with Crippen LogP contribution in [-0.2, 0) is 4.79 Å². The smallest absolute Gasteiger partial charge is 0.307 e. The van der Waals surface area contributed by atoms with Crippen molar-refractivity contribution in [2.24, 2.45) is 11.8 Å². The molecule has 0 amide bonds. The lowest BCUT2D eigenvalue weighted by molar-refractivity contribution is -0.138. The highest BCUT2D eigenvalue weighted by molar-refractivity contribution is 5.75. The van der Waals surface area contributed by atoms with Crippen molar-refractivity contribution in [1.29, 1.82) is 5.26 Å². The molecule has 3 heteroatoms. The Kier molecular flexibility index (Phi) is 2.97. The monoisotopic (exact) mass is 227 g/mol. The Morgan fingerprint density at radius 2 is 2.06 bits per heavy atom. The normalized spacial score (nSPS) is 22.9. The summed E-state index contributed by atoms with van der Waals surface area (Å²) in [6.07, 6.45) is 2.74. The maximum Gasteiger partial charge on any atom is 0.307 e. The molecule has 0 spiro atoms. The van der Waals surface area contributed by atoms with Gasteiger partial charge in [0.25, 0.3) is 0 Å². The van der Waals surface area contributed by atoms with Gasteiger partial charge in [-0.15, -0.1) is 0 Å². The van der Waals surface area contributed by atoms with E-state index in [1.807, 2.05) is 25.1 Å². The van der Waals surface area contributed by atoms with Crippen LogP contribution in [0.1, 0.15) is 24.5 Å². The molecule has 0 aromatic heterocycles. The van der Waals surface area contributed by atoms with E-state index in [4.69, 9.17) is 10.4 Å². The number of benzene rings is 1.